The van der Waals surface area contributed by atoms with Gasteiger partial charge in [0.15, 0.2) is 0 Å². The first-order chi connectivity index (χ1) is 9.24. The molecule has 19 heavy (non-hydrogen) atoms. The zero-order valence-electron chi connectivity index (χ0n) is 11.3. The number of hydrogen-bond acceptors (Lipinski definition) is 4. The molecular formula is C14H19NO4. The number of hydrogen-bond donors (Lipinski definition) is 1. The van der Waals surface area contributed by atoms with Gasteiger partial charge in [-0.2, -0.15) is 0 Å². The zero-order chi connectivity index (χ0) is 13.7. The highest BCUT2D eigenvalue weighted by Gasteiger charge is 2.18. The first kappa shape index (κ1) is 13.7. The van der Waals surface area contributed by atoms with Crippen LogP contribution in [-0.2, 0) is 4.74 Å². The summed E-state index contributed by atoms with van der Waals surface area (Å²) in [4.78, 5) is 12.1. The van der Waals surface area contributed by atoms with Crippen LogP contribution >= 0.6 is 0 Å². The number of carbonyl (C=O) groups excluding carboxylic acids is 1. The molecule has 1 aromatic carbocycles. The molecule has 0 unspecified atom stereocenters. The summed E-state index contributed by atoms with van der Waals surface area (Å²) in [6.45, 7) is 1.32. The molecule has 1 fully saturated rings. The van der Waals surface area contributed by atoms with E-state index in [9.17, 15) is 4.79 Å². The van der Waals surface area contributed by atoms with Gasteiger partial charge in [-0.05, 0) is 25.0 Å². The Labute approximate surface area is 112 Å². The van der Waals surface area contributed by atoms with Crippen LogP contribution in [0.25, 0.3) is 0 Å². The third kappa shape index (κ3) is 3.38. The van der Waals surface area contributed by atoms with Crippen LogP contribution in [-0.4, -0.2) is 39.4 Å². The highest BCUT2D eigenvalue weighted by Crippen LogP contribution is 2.24. The van der Waals surface area contributed by atoms with E-state index in [1.165, 1.54) is 7.11 Å². The van der Waals surface area contributed by atoms with E-state index >= 15 is 0 Å². The molecule has 0 bridgehead atoms. The quantitative estimate of drug-likeness (QED) is 0.878. The number of benzene rings is 1. The van der Waals surface area contributed by atoms with E-state index in [0.29, 0.717) is 23.6 Å². The fourth-order valence-electron chi connectivity index (χ4n) is 2.09. The monoisotopic (exact) mass is 265 g/mol. The Morgan fingerprint density at radius 2 is 2.26 bits per heavy atom. The molecule has 0 aliphatic carbocycles. The molecule has 5 heteroatoms. The molecule has 0 radical (unpaired) electrons. The average Bonchev–Trinajstić information content (AvgIpc) is 2.97. The number of nitrogens with one attached hydrogen (secondary N) is 1. The molecule has 1 aliphatic rings. The Hall–Kier alpha value is -1.75. The fourth-order valence-corrected chi connectivity index (χ4v) is 2.09. The summed E-state index contributed by atoms with van der Waals surface area (Å²) in [6.07, 6.45) is 2.19. The normalized spacial score (nSPS) is 18.1. The smallest absolute Gasteiger partial charge is 0.255 e. The van der Waals surface area contributed by atoms with Crippen molar-refractivity contribution in [1.82, 2.24) is 5.32 Å². The first-order valence-corrected chi connectivity index (χ1v) is 6.36. The molecule has 2 rings (SSSR count). The van der Waals surface area contributed by atoms with Gasteiger partial charge in [-0.25, -0.2) is 0 Å². The predicted octanol–water partition coefficient (Wildman–Crippen LogP) is 1.61. The molecule has 0 saturated carbocycles. The largest absolute Gasteiger partial charge is 0.497 e. The third-order valence-corrected chi connectivity index (χ3v) is 3.17. The Bertz CT molecular complexity index is 441. The van der Waals surface area contributed by atoms with Gasteiger partial charge in [-0.1, -0.05) is 0 Å². The molecule has 1 aromatic rings. The lowest BCUT2D eigenvalue weighted by molar-refractivity contribution is 0.0855. The maximum Gasteiger partial charge on any atom is 0.255 e. The van der Waals surface area contributed by atoms with Gasteiger partial charge in [0.1, 0.15) is 11.5 Å². The van der Waals surface area contributed by atoms with Crippen molar-refractivity contribution in [3.63, 3.8) is 0 Å². The van der Waals surface area contributed by atoms with Crippen molar-refractivity contribution in [2.45, 2.75) is 18.9 Å². The molecule has 1 heterocycles. The molecule has 0 spiro atoms. The Morgan fingerprint density at radius 3 is 2.89 bits per heavy atom. The summed E-state index contributed by atoms with van der Waals surface area (Å²) in [5.74, 6) is 1.01. The molecule has 1 aliphatic heterocycles. The van der Waals surface area contributed by atoms with E-state index in [1.807, 2.05) is 0 Å². The van der Waals surface area contributed by atoms with Crippen LogP contribution in [0.5, 0.6) is 11.5 Å². The van der Waals surface area contributed by atoms with E-state index in [1.54, 1.807) is 25.3 Å². The summed E-state index contributed by atoms with van der Waals surface area (Å²) in [6, 6.07) is 5.13. The number of carbonyl (C=O) groups is 1. The van der Waals surface area contributed by atoms with Crippen LogP contribution in [0.15, 0.2) is 18.2 Å². The lowest BCUT2D eigenvalue weighted by Gasteiger charge is -2.13. The van der Waals surface area contributed by atoms with Crippen molar-refractivity contribution in [3.05, 3.63) is 23.8 Å². The van der Waals surface area contributed by atoms with E-state index in [-0.39, 0.29) is 12.0 Å². The predicted molar refractivity (Wildman–Crippen MR) is 70.9 cm³/mol. The van der Waals surface area contributed by atoms with Crippen LogP contribution in [0.1, 0.15) is 23.2 Å². The maximum atomic E-state index is 12.1. The number of methoxy groups -OCH3 is 2. The minimum absolute atomic E-state index is 0.133. The molecule has 5 nitrogen and oxygen atoms in total. The van der Waals surface area contributed by atoms with E-state index in [2.05, 4.69) is 5.32 Å². The molecule has 104 valence electrons. The Kier molecular flexibility index (Phi) is 4.63. The number of rotatable bonds is 5. The van der Waals surface area contributed by atoms with Gasteiger partial charge in [0.25, 0.3) is 5.91 Å². The zero-order valence-corrected chi connectivity index (χ0v) is 11.3. The van der Waals surface area contributed by atoms with Gasteiger partial charge in [-0.3, -0.25) is 4.79 Å². The SMILES string of the molecule is COc1ccc(C(=O)NC[C@@H]2CCCO2)c(OC)c1. The number of amides is 1. The van der Waals surface area contributed by atoms with Crippen LogP contribution in [0, 0.1) is 0 Å². The highest BCUT2D eigenvalue weighted by molar-refractivity contribution is 5.97. The summed E-state index contributed by atoms with van der Waals surface area (Å²) >= 11 is 0. The van der Waals surface area contributed by atoms with E-state index in [4.69, 9.17) is 14.2 Å². The van der Waals surface area contributed by atoms with Crippen LogP contribution < -0.4 is 14.8 Å². The van der Waals surface area contributed by atoms with E-state index < -0.39 is 0 Å². The van der Waals surface area contributed by atoms with E-state index in [0.717, 1.165) is 19.4 Å². The maximum absolute atomic E-state index is 12.1. The van der Waals surface area contributed by atoms with Crippen molar-refractivity contribution in [3.8, 4) is 11.5 Å². The summed E-state index contributed by atoms with van der Waals surface area (Å²) in [7, 11) is 3.11. The van der Waals surface area contributed by atoms with Gasteiger partial charge in [0, 0.05) is 19.2 Å². The summed E-state index contributed by atoms with van der Waals surface area (Å²) in [5.41, 5.74) is 0.501. The molecule has 1 N–H and O–H groups in total. The lowest BCUT2D eigenvalue weighted by Crippen LogP contribution is -2.31. The standard InChI is InChI=1S/C14H19NO4/c1-17-10-5-6-12(13(8-10)18-2)14(16)15-9-11-4-3-7-19-11/h5-6,8,11H,3-4,7,9H2,1-2H3,(H,15,16)/t11-/m0/s1. The van der Waals surface area contributed by atoms with Crippen LogP contribution in [0.2, 0.25) is 0 Å². The van der Waals surface area contributed by atoms with Gasteiger partial charge < -0.3 is 19.5 Å². The van der Waals surface area contributed by atoms with Crippen LogP contribution in [0.4, 0.5) is 0 Å². The molecule has 0 aromatic heterocycles. The van der Waals surface area contributed by atoms with Crippen molar-refractivity contribution in [2.24, 2.45) is 0 Å². The highest BCUT2D eigenvalue weighted by atomic mass is 16.5. The Morgan fingerprint density at radius 1 is 1.42 bits per heavy atom. The Balaban J connectivity index is 2.01. The summed E-state index contributed by atoms with van der Waals surface area (Å²) in [5, 5.41) is 2.87. The minimum Gasteiger partial charge on any atom is -0.497 e. The third-order valence-electron chi connectivity index (χ3n) is 3.17. The van der Waals surface area contributed by atoms with Crippen LogP contribution in [0.3, 0.4) is 0 Å². The van der Waals surface area contributed by atoms with Crippen molar-refractivity contribution < 1.29 is 19.0 Å². The minimum atomic E-state index is -0.157. The van der Waals surface area contributed by atoms with Gasteiger partial charge in [0.05, 0.1) is 25.9 Å². The van der Waals surface area contributed by atoms with Crippen molar-refractivity contribution in [1.29, 1.82) is 0 Å². The topological polar surface area (TPSA) is 56.8 Å². The second-order valence-electron chi connectivity index (χ2n) is 4.41. The first-order valence-electron chi connectivity index (χ1n) is 6.36. The molecule has 1 atom stereocenters. The van der Waals surface area contributed by atoms with Gasteiger partial charge in [0.2, 0.25) is 0 Å². The average molecular weight is 265 g/mol. The summed E-state index contributed by atoms with van der Waals surface area (Å²) < 4.78 is 15.8. The molecular weight excluding hydrogens is 246 g/mol. The second kappa shape index (κ2) is 6.43. The number of ether oxygens (including phenoxy) is 3. The molecule has 1 saturated heterocycles. The fraction of sp³-hybridized carbons (Fsp3) is 0.500. The lowest BCUT2D eigenvalue weighted by atomic mass is 10.1. The van der Waals surface area contributed by atoms with Crippen molar-refractivity contribution >= 4 is 5.91 Å². The van der Waals surface area contributed by atoms with Gasteiger partial charge in [-0.15, -0.1) is 0 Å². The second-order valence-corrected chi connectivity index (χ2v) is 4.41. The van der Waals surface area contributed by atoms with Crippen molar-refractivity contribution in [2.75, 3.05) is 27.4 Å². The molecule has 1 amide bonds. The van der Waals surface area contributed by atoms with Gasteiger partial charge >= 0.3 is 0 Å².